The zero-order chi connectivity index (χ0) is 9.97. The third kappa shape index (κ3) is 1.91. The van der Waals surface area contributed by atoms with Crippen molar-refractivity contribution in [2.75, 3.05) is 33.4 Å². The van der Waals surface area contributed by atoms with Gasteiger partial charge in [-0.2, -0.15) is 0 Å². The van der Waals surface area contributed by atoms with E-state index in [1.165, 1.54) is 0 Å². The van der Waals surface area contributed by atoms with Gasteiger partial charge in [-0.3, -0.25) is 4.79 Å². The van der Waals surface area contributed by atoms with Crippen LogP contribution in [0.4, 0.5) is 0 Å². The number of carbonyl (C=O) groups excluding carboxylic acids is 1. The predicted molar refractivity (Wildman–Crippen MR) is 53.0 cm³/mol. The van der Waals surface area contributed by atoms with Gasteiger partial charge in [0.2, 0.25) is 5.91 Å². The van der Waals surface area contributed by atoms with Crippen LogP contribution in [-0.2, 0) is 9.53 Å². The zero-order valence-electron chi connectivity index (χ0n) is 8.66. The van der Waals surface area contributed by atoms with Crippen molar-refractivity contribution in [1.29, 1.82) is 0 Å². The second-order valence-electron chi connectivity index (χ2n) is 4.15. The number of ether oxygens (including phenoxy) is 1. The summed E-state index contributed by atoms with van der Waals surface area (Å²) in [4.78, 5) is 13.9. The first-order chi connectivity index (χ1) is 6.79. The Morgan fingerprint density at radius 2 is 2.00 bits per heavy atom. The summed E-state index contributed by atoms with van der Waals surface area (Å²) in [6.45, 7) is 3.39. The van der Waals surface area contributed by atoms with Gasteiger partial charge in [-0.05, 0) is 12.8 Å². The lowest BCUT2D eigenvalue weighted by molar-refractivity contribution is -0.140. The third-order valence-electron chi connectivity index (χ3n) is 3.23. The van der Waals surface area contributed by atoms with Crippen LogP contribution in [0.3, 0.4) is 0 Å². The molecular formula is C10H18N2O2. The standard InChI is InChI=1S/C10H18N2O2/c1-12(9-6-11-7-9)10(13)8-2-4-14-5-3-8/h8-9,11H,2-7H2,1H3. The van der Waals surface area contributed by atoms with Crippen molar-refractivity contribution in [3.05, 3.63) is 0 Å². The number of nitrogens with zero attached hydrogens (tertiary/aromatic N) is 1. The molecule has 4 heteroatoms. The Hall–Kier alpha value is -0.610. The quantitative estimate of drug-likeness (QED) is 0.670. The summed E-state index contributed by atoms with van der Waals surface area (Å²) in [5.74, 6) is 0.508. The number of carbonyl (C=O) groups is 1. The molecule has 2 saturated heterocycles. The van der Waals surface area contributed by atoms with Crippen LogP contribution in [0, 0.1) is 5.92 Å². The average molecular weight is 198 g/mol. The van der Waals surface area contributed by atoms with Gasteiger partial charge < -0.3 is 15.0 Å². The van der Waals surface area contributed by atoms with Gasteiger partial charge in [-0.1, -0.05) is 0 Å². The second kappa shape index (κ2) is 4.28. The molecule has 2 aliphatic heterocycles. The summed E-state index contributed by atoms with van der Waals surface area (Å²) in [5.41, 5.74) is 0. The van der Waals surface area contributed by atoms with E-state index in [9.17, 15) is 4.79 Å². The lowest BCUT2D eigenvalue weighted by Gasteiger charge is -2.38. The maximum Gasteiger partial charge on any atom is 0.225 e. The molecule has 4 nitrogen and oxygen atoms in total. The van der Waals surface area contributed by atoms with E-state index in [-0.39, 0.29) is 5.92 Å². The molecule has 0 saturated carbocycles. The first-order valence-electron chi connectivity index (χ1n) is 5.34. The molecule has 80 valence electrons. The molecule has 1 amide bonds. The highest BCUT2D eigenvalue weighted by Gasteiger charge is 2.30. The van der Waals surface area contributed by atoms with Crippen LogP contribution in [0.2, 0.25) is 0 Å². The lowest BCUT2D eigenvalue weighted by atomic mass is 9.97. The molecule has 0 bridgehead atoms. The van der Waals surface area contributed by atoms with Crippen LogP contribution in [0.25, 0.3) is 0 Å². The number of amides is 1. The van der Waals surface area contributed by atoms with Crippen molar-refractivity contribution in [2.24, 2.45) is 5.92 Å². The van der Waals surface area contributed by atoms with Gasteiger partial charge in [-0.25, -0.2) is 0 Å². The number of rotatable bonds is 2. The lowest BCUT2D eigenvalue weighted by Crippen LogP contribution is -2.58. The second-order valence-corrected chi connectivity index (χ2v) is 4.15. The van der Waals surface area contributed by atoms with Crippen molar-refractivity contribution in [1.82, 2.24) is 10.2 Å². The molecule has 0 radical (unpaired) electrons. The molecular weight excluding hydrogens is 180 g/mol. The van der Waals surface area contributed by atoms with E-state index in [2.05, 4.69) is 5.32 Å². The van der Waals surface area contributed by atoms with Gasteiger partial charge >= 0.3 is 0 Å². The Morgan fingerprint density at radius 1 is 1.36 bits per heavy atom. The fourth-order valence-corrected chi connectivity index (χ4v) is 1.96. The fraction of sp³-hybridized carbons (Fsp3) is 0.900. The van der Waals surface area contributed by atoms with Gasteiger partial charge in [-0.15, -0.1) is 0 Å². The molecule has 2 heterocycles. The molecule has 0 spiro atoms. The minimum Gasteiger partial charge on any atom is -0.381 e. The van der Waals surface area contributed by atoms with E-state index in [0.29, 0.717) is 11.9 Å². The molecule has 14 heavy (non-hydrogen) atoms. The molecule has 0 aromatic rings. The van der Waals surface area contributed by atoms with Crippen molar-refractivity contribution >= 4 is 5.91 Å². The number of hydrogen-bond acceptors (Lipinski definition) is 3. The molecule has 0 unspecified atom stereocenters. The fourth-order valence-electron chi connectivity index (χ4n) is 1.96. The Balaban J connectivity index is 1.85. The van der Waals surface area contributed by atoms with Gasteiger partial charge in [0, 0.05) is 39.3 Å². The molecule has 1 N–H and O–H groups in total. The summed E-state index contributed by atoms with van der Waals surface area (Å²) >= 11 is 0. The van der Waals surface area contributed by atoms with E-state index in [4.69, 9.17) is 4.74 Å². The van der Waals surface area contributed by atoms with Gasteiger partial charge in [0.25, 0.3) is 0 Å². The van der Waals surface area contributed by atoms with E-state index in [0.717, 1.165) is 39.1 Å². The molecule has 0 aliphatic carbocycles. The smallest absolute Gasteiger partial charge is 0.225 e. The van der Waals surface area contributed by atoms with Crippen LogP contribution in [-0.4, -0.2) is 50.2 Å². The van der Waals surface area contributed by atoms with E-state index >= 15 is 0 Å². The third-order valence-corrected chi connectivity index (χ3v) is 3.23. The average Bonchev–Trinajstić information content (AvgIpc) is 2.15. The summed E-state index contributed by atoms with van der Waals surface area (Å²) < 4.78 is 5.25. The molecule has 0 aromatic heterocycles. The number of nitrogens with one attached hydrogen (secondary N) is 1. The van der Waals surface area contributed by atoms with Gasteiger partial charge in [0.05, 0.1) is 6.04 Å². The summed E-state index contributed by atoms with van der Waals surface area (Å²) in [7, 11) is 1.92. The largest absolute Gasteiger partial charge is 0.381 e. The van der Waals surface area contributed by atoms with Crippen LogP contribution in [0.1, 0.15) is 12.8 Å². The number of likely N-dealkylation sites (N-methyl/N-ethyl adjacent to an activating group) is 1. The first kappa shape index (κ1) is 9.93. The van der Waals surface area contributed by atoms with Crippen molar-refractivity contribution in [2.45, 2.75) is 18.9 Å². The van der Waals surface area contributed by atoms with Crippen LogP contribution in [0.5, 0.6) is 0 Å². The Morgan fingerprint density at radius 3 is 2.50 bits per heavy atom. The molecule has 0 atom stereocenters. The van der Waals surface area contributed by atoms with Crippen molar-refractivity contribution in [3.8, 4) is 0 Å². The topological polar surface area (TPSA) is 41.6 Å². The summed E-state index contributed by atoms with van der Waals surface area (Å²) in [6.07, 6.45) is 1.78. The van der Waals surface area contributed by atoms with E-state index in [1.807, 2.05) is 11.9 Å². The van der Waals surface area contributed by atoms with Crippen LogP contribution in [0.15, 0.2) is 0 Å². The maximum atomic E-state index is 12.0. The van der Waals surface area contributed by atoms with Crippen molar-refractivity contribution in [3.63, 3.8) is 0 Å². The highest BCUT2D eigenvalue weighted by molar-refractivity contribution is 5.79. The molecule has 2 fully saturated rings. The normalized spacial score (nSPS) is 24.4. The maximum absolute atomic E-state index is 12.0. The number of hydrogen-bond donors (Lipinski definition) is 1. The van der Waals surface area contributed by atoms with E-state index < -0.39 is 0 Å². The van der Waals surface area contributed by atoms with Gasteiger partial charge in [0.15, 0.2) is 0 Å². The summed E-state index contributed by atoms with van der Waals surface area (Å²) in [6, 6.07) is 0.422. The Bertz CT molecular complexity index is 206. The van der Waals surface area contributed by atoms with Crippen molar-refractivity contribution < 1.29 is 9.53 Å². The molecule has 0 aromatic carbocycles. The monoisotopic (exact) mass is 198 g/mol. The highest BCUT2D eigenvalue weighted by atomic mass is 16.5. The SMILES string of the molecule is CN(C(=O)C1CCOCC1)C1CNC1. The first-order valence-corrected chi connectivity index (χ1v) is 5.34. The minimum absolute atomic E-state index is 0.203. The Labute approximate surface area is 84.6 Å². The highest BCUT2D eigenvalue weighted by Crippen LogP contribution is 2.18. The van der Waals surface area contributed by atoms with Crippen LogP contribution >= 0.6 is 0 Å². The van der Waals surface area contributed by atoms with E-state index in [1.54, 1.807) is 0 Å². The van der Waals surface area contributed by atoms with Crippen LogP contribution < -0.4 is 5.32 Å². The minimum atomic E-state index is 0.203. The molecule has 2 aliphatic rings. The summed E-state index contributed by atoms with van der Waals surface area (Å²) in [5, 5.41) is 3.18. The predicted octanol–water partition coefficient (Wildman–Crippen LogP) is -0.157. The van der Waals surface area contributed by atoms with Gasteiger partial charge in [0.1, 0.15) is 0 Å². The molecule has 2 rings (SSSR count). The Kier molecular flexibility index (Phi) is 3.03. The zero-order valence-corrected chi connectivity index (χ0v) is 8.66.